The maximum absolute atomic E-state index is 8.65. The molecule has 0 fully saturated rings. The summed E-state index contributed by atoms with van der Waals surface area (Å²) in [7, 11) is 0. The predicted molar refractivity (Wildman–Crippen MR) is 65.6 cm³/mol. The van der Waals surface area contributed by atoms with E-state index in [2.05, 4.69) is 15.7 Å². The first-order valence-electron chi connectivity index (χ1n) is 4.39. The minimum absolute atomic E-state index is 0.640. The first-order valence-corrected chi connectivity index (χ1v) is 6.53. The zero-order valence-corrected chi connectivity index (χ0v) is 10.4. The highest BCUT2D eigenvalue weighted by Crippen LogP contribution is 2.26. The van der Waals surface area contributed by atoms with Crippen LogP contribution in [0.3, 0.4) is 0 Å². The molecule has 0 radical (unpaired) electrons. The molecule has 1 aromatic carbocycles. The molecule has 6 heteroatoms. The van der Waals surface area contributed by atoms with Crippen LogP contribution in [-0.4, -0.2) is 9.59 Å². The van der Waals surface area contributed by atoms with Gasteiger partial charge < -0.3 is 0 Å². The zero-order chi connectivity index (χ0) is 11.4. The third-order valence-electron chi connectivity index (χ3n) is 1.87. The molecule has 16 heavy (non-hydrogen) atoms. The Hall–Kier alpha value is -1.09. The molecule has 1 aromatic heterocycles. The average molecular weight is 268 g/mol. The lowest BCUT2D eigenvalue weighted by molar-refractivity contribution is 1.07. The molecule has 3 nitrogen and oxygen atoms in total. The smallest absolute Gasteiger partial charge is 0.138 e. The largest absolute Gasteiger partial charge is 0.192 e. The number of halogens is 1. The van der Waals surface area contributed by atoms with E-state index in [4.69, 9.17) is 16.9 Å². The summed E-state index contributed by atoms with van der Waals surface area (Å²) in [5.74, 6) is 0.696. The highest BCUT2D eigenvalue weighted by molar-refractivity contribution is 7.98. The minimum atomic E-state index is 0.640. The zero-order valence-electron chi connectivity index (χ0n) is 8.05. The maximum Gasteiger partial charge on any atom is 0.138 e. The van der Waals surface area contributed by atoms with Crippen molar-refractivity contribution in [3.8, 4) is 6.07 Å². The van der Waals surface area contributed by atoms with Crippen LogP contribution in [0.2, 0.25) is 4.34 Å². The van der Waals surface area contributed by atoms with E-state index < -0.39 is 0 Å². The van der Waals surface area contributed by atoms with Crippen LogP contribution in [0.5, 0.6) is 0 Å². The lowest BCUT2D eigenvalue weighted by atomic mass is 10.2. The number of nitrogens with zero attached hydrogens (tertiary/aromatic N) is 3. The van der Waals surface area contributed by atoms with Gasteiger partial charge in [-0.1, -0.05) is 16.1 Å². The lowest BCUT2D eigenvalue weighted by Gasteiger charge is -1.99. The van der Waals surface area contributed by atoms with Crippen molar-refractivity contribution in [2.24, 2.45) is 0 Å². The van der Waals surface area contributed by atoms with Crippen molar-refractivity contribution in [1.82, 2.24) is 9.59 Å². The van der Waals surface area contributed by atoms with Crippen LogP contribution in [0.25, 0.3) is 0 Å². The lowest BCUT2D eigenvalue weighted by Crippen LogP contribution is -1.82. The second-order valence-corrected chi connectivity index (χ2v) is 5.32. The molecule has 0 N–H and O–H groups in total. The van der Waals surface area contributed by atoms with Crippen LogP contribution in [0.1, 0.15) is 11.3 Å². The summed E-state index contributed by atoms with van der Waals surface area (Å²) in [6.07, 6.45) is 0. The Morgan fingerprint density at radius 3 is 2.69 bits per heavy atom. The molecule has 0 aliphatic carbocycles. The molecule has 0 aliphatic heterocycles. The van der Waals surface area contributed by atoms with E-state index in [-0.39, 0.29) is 0 Å². The van der Waals surface area contributed by atoms with Crippen molar-refractivity contribution >= 4 is 34.9 Å². The Bertz CT molecular complexity index is 516. The summed E-state index contributed by atoms with van der Waals surface area (Å²) in [4.78, 5) is 1.09. The molecule has 0 amide bonds. The highest BCUT2D eigenvalue weighted by Gasteiger charge is 2.05. The van der Waals surface area contributed by atoms with Gasteiger partial charge in [-0.2, -0.15) is 5.26 Å². The van der Waals surface area contributed by atoms with Gasteiger partial charge in [-0.15, -0.1) is 16.9 Å². The number of hydrogen-bond donors (Lipinski definition) is 0. The van der Waals surface area contributed by atoms with E-state index in [9.17, 15) is 0 Å². The van der Waals surface area contributed by atoms with Crippen molar-refractivity contribution in [1.29, 1.82) is 5.26 Å². The van der Waals surface area contributed by atoms with Gasteiger partial charge >= 0.3 is 0 Å². The normalized spacial score (nSPS) is 10.0. The Morgan fingerprint density at radius 2 is 2.12 bits per heavy atom. The molecule has 1 heterocycles. The van der Waals surface area contributed by atoms with Gasteiger partial charge in [0, 0.05) is 22.2 Å². The quantitative estimate of drug-likeness (QED) is 0.800. The molecule has 2 rings (SSSR count). The molecular weight excluding hydrogens is 262 g/mol. The number of hydrogen-bond acceptors (Lipinski definition) is 5. The molecule has 0 aliphatic rings. The number of rotatable bonds is 3. The first-order chi connectivity index (χ1) is 7.79. The van der Waals surface area contributed by atoms with Crippen LogP contribution in [0.15, 0.2) is 29.2 Å². The van der Waals surface area contributed by atoms with E-state index in [1.807, 2.05) is 12.1 Å². The van der Waals surface area contributed by atoms with Gasteiger partial charge in [-0.05, 0) is 24.3 Å². The second kappa shape index (κ2) is 5.30. The average Bonchev–Trinajstić information content (AvgIpc) is 2.73. The van der Waals surface area contributed by atoms with Crippen molar-refractivity contribution in [3.05, 3.63) is 39.9 Å². The topological polar surface area (TPSA) is 49.6 Å². The van der Waals surface area contributed by atoms with E-state index in [0.29, 0.717) is 15.7 Å². The molecule has 0 atom stereocenters. The molecule has 0 bridgehead atoms. The van der Waals surface area contributed by atoms with Gasteiger partial charge in [-0.3, -0.25) is 0 Å². The summed E-state index contributed by atoms with van der Waals surface area (Å²) in [6.45, 7) is 0. The van der Waals surface area contributed by atoms with Gasteiger partial charge in [0.25, 0.3) is 0 Å². The van der Waals surface area contributed by atoms with E-state index >= 15 is 0 Å². The molecular formula is C10H6ClN3S2. The molecule has 80 valence electrons. The summed E-state index contributed by atoms with van der Waals surface area (Å²) in [5.41, 5.74) is 1.47. The van der Waals surface area contributed by atoms with Crippen molar-refractivity contribution in [3.63, 3.8) is 0 Å². The van der Waals surface area contributed by atoms with Gasteiger partial charge in [0.15, 0.2) is 0 Å². The Balaban J connectivity index is 2.00. The van der Waals surface area contributed by atoms with Crippen LogP contribution in [-0.2, 0) is 5.75 Å². The van der Waals surface area contributed by atoms with E-state index in [1.165, 1.54) is 11.5 Å². The maximum atomic E-state index is 8.65. The minimum Gasteiger partial charge on any atom is -0.192 e. The number of benzene rings is 1. The van der Waals surface area contributed by atoms with Crippen LogP contribution in [0.4, 0.5) is 0 Å². The molecule has 2 aromatic rings. The Kier molecular flexibility index (Phi) is 3.78. The van der Waals surface area contributed by atoms with Crippen LogP contribution in [0, 0.1) is 11.3 Å². The molecule has 0 spiro atoms. The number of aromatic nitrogens is 2. The van der Waals surface area contributed by atoms with Gasteiger partial charge in [-0.25, -0.2) is 0 Å². The summed E-state index contributed by atoms with van der Waals surface area (Å²) < 4.78 is 4.40. The molecule has 0 unspecified atom stereocenters. The third kappa shape index (κ3) is 2.73. The monoisotopic (exact) mass is 267 g/mol. The SMILES string of the molecule is N#Cc1ccc(SCc2nnsc2Cl)cc1. The third-order valence-corrected chi connectivity index (χ3v) is 3.88. The second-order valence-electron chi connectivity index (χ2n) is 2.92. The van der Waals surface area contributed by atoms with Crippen LogP contribution >= 0.6 is 34.9 Å². The van der Waals surface area contributed by atoms with Crippen LogP contribution < -0.4 is 0 Å². The van der Waals surface area contributed by atoms with Crippen molar-refractivity contribution in [2.75, 3.05) is 0 Å². The summed E-state index contributed by atoms with van der Waals surface area (Å²) in [5, 5.41) is 12.6. The first kappa shape index (κ1) is 11.4. The molecule has 0 saturated heterocycles. The number of thioether (sulfide) groups is 1. The van der Waals surface area contributed by atoms with Gasteiger partial charge in [0.05, 0.1) is 11.6 Å². The van der Waals surface area contributed by atoms with Gasteiger partial charge in [0.1, 0.15) is 10.0 Å². The molecule has 0 saturated carbocycles. The van der Waals surface area contributed by atoms with E-state index in [0.717, 1.165) is 10.6 Å². The Morgan fingerprint density at radius 1 is 1.38 bits per heavy atom. The highest BCUT2D eigenvalue weighted by atomic mass is 35.5. The van der Waals surface area contributed by atoms with Crippen molar-refractivity contribution < 1.29 is 0 Å². The fraction of sp³-hybridized carbons (Fsp3) is 0.100. The predicted octanol–water partition coefficient (Wildman–Crippen LogP) is 3.36. The van der Waals surface area contributed by atoms with E-state index in [1.54, 1.807) is 23.9 Å². The standard InChI is InChI=1S/C10H6ClN3S2/c11-10-9(13-14-16-10)6-15-8-3-1-7(5-12)2-4-8/h1-4H,6H2. The summed E-state index contributed by atoms with van der Waals surface area (Å²) in [6, 6.07) is 9.50. The fourth-order valence-electron chi connectivity index (χ4n) is 1.06. The Labute approximate surface area is 106 Å². The van der Waals surface area contributed by atoms with Crippen molar-refractivity contribution in [2.45, 2.75) is 10.6 Å². The summed E-state index contributed by atoms with van der Waals surface area (Å²) >= 11 is 8.71. The number of nitriles is 1. The van der Waals surface area contributed by atoms with Gasteiger partial charge in [0.2, 0.25) is 0 Å². The fourth-order valence-corrected chi connectivity index (χ4v) is 2.69.